The maximum Gasteiger partial charge on any atom is 0.350 e. The molecule has 124 valence electrons. The van der Waals surface area contributed by atoms with Crippen molar-refractivity contribution in [3.05, 3.63) is 36.0 Å². The molecule has 1 aromatic carbocycles. The molecule has 0 saturated carbocycles. The van der Waals surface area contributed by atoms with E-state index in [0.717, 1.165) is 6.20 Å². The number of rotatable bonds is 5. The topological polar surface area (TPSA) is 73.9 Å². The minimum Gasteiger partial charge on any atom is -0.488 e. The number of benzene rings is 1. The van der Waals surface area contributed by atoms with E-state index in [0.29, 0.717) is 5.69 Å². The summed E-state index contributed by atoms with van der Waals surface area (Å²) in [6.07, 6.45) is -1.45. The van der Waals surface area contributed by atoms with Crippen LogP contribution in [0.4, 0.5) is 14.5 Å². The van der Waals surface area contributed by atoms with Gasteiger partial charge in [0.2, 0.25) is 0 Å². The highest BCUT2D eigenvalue weighted by Crippen LogP contribution is 2.23. The molecule has 0 aromatic heterocycles. The van der Waals surface area contributed by atoms with Gasteiger partial charge in [0.25, 0.3) is 12.2 Å². The third-order valence-corrected chi connectivity index (χ3v) is 2.71. The molecular formula is C15H15F2NO5. The van der Waals surface area contributed by atoms with Crippen LogP contribution < -0.4 is 10.1 Å². The van der Waals surface area contributed by atoms with Crippen LogP contribution in [-0.2, 0) is 19.1 Å². The first-order valence-corrected chi connectivity index (χ1v) is 6.71. The van der Waals surface area contributed by atoms with Crippen molar-refractivity contribution in [3.63, 3.8) is 0 Å². The predicted octanol–water partition coefficient (Wildman–Crippen LogP) is 2.46. The number of nitrogens with one attached hydrogen (secondary N) is 1. The van der Waals surface area contributed by atoms with Crippen LogP contribution in [-0.4, -0.2) is 30.8 Å². The van der Waals surface area contributed by atoms with Gasteiger partial charge in [0.05, 0.1) is 0 Å². The molecule has 8 heteroatoms. The van der Waals surface area contributed by atoms with E-state index >= 15 is 0 Å². The summed E-state index contributed by atoms with van der Waals surface area (Å²) in [7, 11) is 0. The van der Waals surface area contributed by atoms with E-state index in [1.54, 1.807) is 12.1 Å². The van der Waals surface area contributed by atoms with E-state index < -0.39 is 30.8 Å². The number of hydrogen-bond donors (Lipinski definition) is 1. The van der Waals surface area contributed by atoms with Gasteiger partial charge in [-0.15, -0.1) is 0 Å². The zero-order valence-corrected chi connectivity index (χ0v) is 12.5. The highest BCUT2D eigenvalue weighted by molar-refractivity contribution is 6.15. The second kappa shape index (κ2) is 6.64. The Balaban J connectivity index is 2.06. The van der Waals surface area contributed by atoms with E-state index in [-0.39, 0.29) is 11.3 Å². The second-order valence-corrected chi connectivity index (χ2v) is 5.11. The lowest BCUT2D eigenvalue weighted by atomic mass is 10.2. The normalized spacial score (nSPS) is 16.7. The number of alkyl halides is 2. The third-order valence-electron chi connectivity index (χ3n) is 2.71. The van der Waals surface area contributed by atoms with Crippen molar-refractivity contribution >= 4 is 17.6 Å². The number of hydrogen-bond acceptors (Lipinski definition) is 6. The molecule has 1 saturated heterocycles. The van der Waals surface area contributed by atoms with Gasteiger partial charge in [0, 0.05) is 31.8 Å². The summed E-state index contributed by atoms with van der Waals surface area (Å²) < 4.78 is 39.0. The molecule has 1 N–H and O–H groups in total. The summed E-state index contributed by atoms with van der Waals surface area (Å²) in [5.41, 5.74) is 0.137. The van der Waals surface area contributed by atoms with E-state index in [9.17, 15) is 18.4 Å². The number of cyclic esters (lactones) is 2. The molecule has 2 rings (SSSR count). The average molecular weight is 327 g/mol. The van der Waals surface area contributed by atoms with E-state index in [1.165, 1.54) is 26.0 Å². The molecule has 0 radical (unpaired) electrons. The molecule has 0 bridgehead atoms. The largest absolute Gasteiger partial charge is 0.488 e. The number of halogens is 2. The summed E-state index contributed by atoms with van der Waals surface area (Å²) >= 11 is 0. The van der Waals surface area contributed by atoms with Crippen LogP contribution >= 0.6 is 0 Å². The first-order chi connectivity index (χ1) is 10.8. The maximum atomic E-state index is 12.1. The van der Waals surface area contributed by atoms with Crippen LogP contribution in [0.5, 0.6) is 5.75 Å². The van der Waals surface area contributed by atoms with Gasteiger partial charge in [-0.1, -0.05) is 6.07 Å². The summed E-state index contributed by atoms with van der Waals surface area (Å²) in [6, 6.07) is 6.13. The third kappa shape index (κ3) is 4.67. The Bertz CT molecular complexity index is 621. The Morgan fingerprint density at radius 1 is 1.26 bits per heavy atom. The molecule has 1 fully saturated rings. The highest BCUT2D eigenvalue weighted by Gasteiger charge is 2.38. The van der Waals surface area contributed by atoms with Gasteiger partial charge in [0.1, 0.15) is 12.4 Å². The lowest BCUT2D eigenvalue weighted by molar-refractivity contribution is -0.222. The van der Waals surface area contributed by atoms with Gasteiger partial charge in [-0.2, -0.15) is 0 Å². The van der Waals surface area contributed by atoms with Gasteiger partial charge in [-0.3, -0.25) is 0 Å². The van der Waals surface area contributed by atoms with Gasteiger partial charge in [-0.05, 0) is 12.1 Å². The Kier molecular flexibility index (Phi) is 4.83. The average Bonchev–Trinajstić information content (AvgIpc) is 2.43. The Hall–Kier alpha value is -2.64. The summed E-state index contributed by atoms with van der Waals surface area (Å²) in [5.74, 6) is -2.72. The van der Waals surface area contributed by atoms with Crippen LogP contribution in [0.15, 0.2) is 36.0 Å². The number of anilines is 1. The van der Waals surface area contributed by atoms with Gasteiger partial charge in [-0.25, -0.2) is 18.4 Å². The van der Waals surface area contributed by atoms with E-state index in [1.807, 2.05) is 0 Å². The quantitative estimate of drug-likeness (QED) is 0.509. The fourth-order valence-corrected chi connectivity index (χ4v) is 1.77. The van der Waals surface area contributed by atoms with Gasteiger partial charge >= 0.3 is 11.9 Å². The van der Waals surface area contributed by atoms with E-state index in [4.69, 9.17) is 14.2 Å². The minimum absolute atomic E-state index is 0.226. The highest BCUT2D eigenvalue weighted by atomic mass is 19.3. The van der Waals surface area contributed by atoms with Crippen molar-refractivity contribution in [2.24, 2.45) is 0 Å². The molecule has 23 heavy (non-hydrogen) atoms. The van der Waals surface area contributed by atoms with E-state index in [2.05, 4.69) is 5.32 Å². The van der Waals surface area contributed by atoms with Crippen LogP contribution in [0.25, 0.3) is 0 Å². The first-order valence-electron chi connectivity index (χ1n) is 6.71. The molecule has 0 atom stereocenters. The lowest BCUT2D eigenvalue weighted by Crippen LogP contribution is -2.42. The van der Waals surface area contributed by atoms with Crippen molar-refractivity contribution in [2.45, 2.75) is 26.1 Å². The zero-order chi connectivity index (χ0) is 17.0. The van der Waals surface area contributed by atoms with Crippen molar-refractivity contribution < 1.29 is 32.6 Å². The van der Waals surface area contributed by atoms with Crippen molar-refractivity contribution in [1.29, 1.82) is 0 Å². The molecule has 6 nitrogen and oxygen atoms in total. The summed E-state index contributed by atoms with van der Waals surface area (Å²) in [4.78, 5) is 23.5. The standard InChI is InChI=1S/C15H15F2NO5/c1-15(2)22-13(19)11(14(20)23-15)7-18-9-4-3-5-10(6-9)21-8-12(16)17/h3-7,12,18H,8H2,1-2H3. The number of carbonyl (C=O) groups is 2. The molecule has 0 spiro atoms. The Labute approximate surface area is 131 Å². The first kappa shape index (κ1) is 16.7. The second-order valence-electron chi connectivity index (χ2n) is 5.11. The molecule has 1 aliphatic rings. The fraction of sp³-hybridized carbons (Fsp3) is 0.333. The monoisotopic (exact) mass is 327 g/mol. The number of carbonyl (C=O) groups excluding carboxylic acids is 2. The Morgan fingerprint density at radius 3 is 2.52 bits per heavy atom. The molecule has 0 unspecified atom stereocenters. The van der Waals surface area contributed by atoms with Crippen molar-refractivity contribution in [2.75, 3.05) is 11.9 Å². The fourth-order valence-electron chi connectivity index (χ4n) is 1.77. The van der Waals surface area contributed by atoms with Gasteiger partial charge < -0.3 is 19.5 Å². The lowest BCUT2D eigenvalue weighted by Gasteiger charge is -2.29. The molecule has 0 amide bonds. The van der Waals surface area contributed by atoms with Gasteiger partial charge in [0.15, 0.2) is 5.57 Å². The smallest absolute Gasteiger partial charge is 0.350 e. The molecule has 0 aliphatic carbocycles. The zero-order valence-electron chi connectivity index (χ0n) is 12.5. The molecule has 1 heterocycles. The molecular weight excluding hydrogens is 312 g/mol. The maximum absolute atomic E-state index is 12.1. The molecule has 1 aliphatic heterocycles. The SMILES string of the molecule is CC1(C)OC(=O)C(=CNc2cccc(OCC(F)F)c2)C(=O)O1. The van der Waals surface area contributed by atoms with Crippen LogP contribution in [0.2, 0.25) is 0 Å². The van der Waals surface area contributed by atoms with Crippen LogP contribution in [0.1, 0.15) is 13.8 Å². The van der Waals surface area contributed by atoms with Crippen LogP contribution in [0.3, 0.4) is 0 Å². The molecule has 1 aromatic rings. The van der Waals surface area contributed by atoms with Crippen LogP contribution in [0, 0.1) is 0 Å². The predicted molar refractivity (Wildman–Crippen MR) is 75.9 cm³/mol. The number of ether oxygens (including phenoxy) is 3. The Morgan fingerprint density at radius 2 is 1.91 bits per heavy atom. The van der Waals surface area contributed by atoms with Crippen molar-refractivity contribution in [1.82, 2.24) is 0 Å². The number of esters is 2. The minimum atomic E-state index is -2.58. The van der Waals surface area contributed by atoms with Crippen molar-refractivity contribution in [3.8, 4) is 5.75 Å². The summed E-state index contributed by atoms with van der Waals surface area (Å²) in [6.45, 7) is 2.16. The summed E-state index contributed by atoms with van der Waals surface area (Å²) in [5, 5.41) is 2.70.